The highest BCUT2D eigenvalue weighted by Gasteiger charge is 2.22. The Hall–Kier alpha value is -0.220. The predicted octanol–water partition coefficient (Wildman–Crippen LogP) is 0.950. The molecule has 1 aliphatic heterocycles. The number of hydrogen-bond acceptors (Lipinski definition) is 3. The van der Waals surface area contributed by atoms with Gasteiger partial charge in [0.05, 0.1) is 0 Å². The molecule has 1 unspecified atom stereocenters. The quantitative estimate of drug-likeness (QED) is 0.759. The zero-order valence-corrected chi connectivity index (χ0v) is 9.90. The predicted molar refractivity (Wildman–Crippen MR) is 61.7 cm³/mol. The van der Waals surface area contributed by atoms with E-state index in [-0.39, 0.29) is 0 Å². The number of thioether (sulfide) groups is 1. The van der Waals surface area contributed by atoms with Crippen molar-refractivity contribution in [2.24, 2.45) is 0 Å². The maximum absolute atomic E-state index is 11.7. The molecule has 3 nitrogen and oxygen atoms in total. The highest BCUT2D eigenvalue weighted by Crippen LogP contribution is 2.21. The molecule has 1 fully saturated rings. The third-order valence-electron chi connectivity index (χ3n) is 2.54. The van der Waals surface area contributed by atoms with Crippen molar-refractivity contribution in [3.63, 3.8) is 0 Å². The first-order valence-electron chi connectivity index (χ1n) is 5.32. The fraction of sp³-hybridized carbons (Fsp3) is 0.900. The summed E-state index contributed by atoms with van der Waals surface area (Å²) >= 11 is 2.00. The lowest BCUT2D eigenvalue weighted by Crippen LogP contribution is -2.42. The van der Waals surface area contributed by atoms with Gasteiger partial charge in [-0.3, -0.25) is 4.79 Å². The van der Waals surface area contributed by atoms with Crippen LogP contribution in [0.3, 0.4) is 0 Å². The normalized spacial score (nSPS) is 22.4. The Morgan fingerprint density at radius 2 is 2.43 bits per heavy atom. The minimum atomic E-state index is 0.304. The van der Waals surface area contributed by atoms with Crippen LogP contribution in [0.2, 0.25) is 0 Å². The van der Waals surface area contributed by atoms with E-state index in [4.69, 9.17) is 0 Å². The number of nitrogens with zero attached hydrogens (tertiary/aromatic N) is 1. The van der Waals surface area contributed by atoms with Crippen LogP contribution in [0.1, 0.15) is 19.8 Å². The van der Waals surface area contributed by atoms with E-state index >= 15 is 0 Å². The second-order valence-electron chi connectivity index (χ2n) is 3.59. The first-order valence-corrected chi connectivity index (χ1v) is 6.36. The number of hydrogen-bond donors (Lipinski definition) is 1. The van der Waals surface area contributed by atoms with E-state index in [1.807, 2.05) is 23.7 Å². The molecule has 82 valence electrons. The Morgan fingerprint density at radius 3 is 3.07 bits per heavy atom. The number of carbonyl (C=O) groups is 1. The first kappa shape index (κ1) is 11.9. The van der Waals surface area contributed by atoms with Crippen LogP contribution in [-0.4, -0.2) is 48.5 Å². The van der Waals surface area contributed by atoms with E-state index in [0.29, 0.717) is 17.6 Å². The van der Waals surface area contributed by atoms with E-state index in [0.717, 1.165) is 25.4 Å². The molecule has 1 saturated heterocycles. The number of carbonyl (C=O) groups excluding carboxylic acids is 1. The van der Waals surface area contributed by atoms with Crippen molar-refractivity contribution >= 4 is 17.7 Å². The molecule has 1 heterocycles. The zero-order valence-electron chi connectivity index (χ0n) is 9.08. The molecule has 4 heteroatoms. The highest BCUT2D eigenvalue weighted by molar-refractivity contribution is 8.00. The van der Waals surface area contributed by atoms with Crippen molar-refractivity contribution in [1.29, 1.82) is 0 Å². The molecule has 0 spiro atoms. The highest BCUT2D eigenvalue weighted by atomic mass is 32.2. The Bertz CT molecular complexity index is 187. The smallest absolute Gasteiger partial charge is 0.223 e. The summed E-state index contributed by atoms with van der Waals surface area (Å²) in [4.78, 5) is 13.7. The van der Waals surface area contributed by atoms with Gasteiger partial charge in [0.2, 0.25) is 5.91 Å². The Morgan fingerprint density at radius 1 is 1.64 bits per heavy atom. The number of amides is 1. The molecule has 0 aromatic carbocycles. The van der Waals surface area contributed by atoms with Crippen LogP contribution in [0.25, 0.3) is 0 Å². The van der Waals surface area contributed by atoms with Crippen LogP contribution >= 0.6 is 11.8 Å². The van der Waals surface area contributed by atoms with Gasteiger partial charge in [0.15, 0.2) is 0 Å². The van der Waals surface area contributed by atoms with Gasteiger partial charge in [-0.1, -0.05) is 6.92 Å². The van der Waals surface area contributed by atoms with Gasteiger partial charge < -0.3 is 10.2 Å². The van der Waals surface area contributed by atoms with E-state index in [2.05, 4.69) is 12.2 Å². The maximum atomic E-state index is 11.7. The summed E-state index contributed by atoms with van der Waals surface area (Å²) in [5, 5.41) is 3.67. The van der Waals surface area contributed by atoms with Crippen molar-refractivity contribution in [1.82, 2.24) is 10.2 Å². The van der Waals surface area contributed by atoms with E-state index in [9.17, 15) is 4.79 Å². The monoisotopic (exact) mass is 216 g/mol. The average molecular weight is 216 g/mol. The van der Waals surface area contributed by atoms with Crippen LogP contribution in [0.15, 0.2) is 0 Å². The molecular formula is C10H20N2OS. The van der Waals surface area contributed by atoms with Gasteiger partial charge in [0.1, 0.15) is 0 Å². The molecule has 1 N–H and O–H groups in total. The van der Waals surface area contributed by atoms with Gasteiger partial charge >= 0.3 is 0 Å². The summed E-state index contributed by atoms with van der Waals surface area (Å²) in [6.07, 6.45) is 1.80. The first-order chi connectivity index (χ1) is 6.77. The number of rotatable bonds is 4. The SMILES string of the molecule is CCC1CN(C(=O)CCNC)CCS1. The maximum Gasteiger partial charge on any atom is 0.223 e. The van der Waals surface area contributed by atoms with E-state index in [1.54, 1.807) is 0 Å². The van der Waals surface area contributed by atoms with Crippen molar-refractivity contribution in [3.05, 3.63) is 0 Å². The number of nitrogens with one attached hydrogen (secondary N) is 1. The van der Waals surface area contributed by atoms with Crippen molar-refractivity contribution < 1.29 is 4.79 Å². The molecule has 0 aromatic heterocycles. The molecular weight excluding hydrogens is 196 g/mol. The molecule has 0 aromatic rings. The summed E-state index contributed by atoms with van der Waals surface area (Å²) in [6, 6.07) is 0. The van der Waals surface area contributed by atoms with Crippen molar-refractivity contribution in [3.8, 4) is 0 Å². The summed E-state index contributed by atoms with van der Waals surface area (Å²) < 4.78 is 0. The summed E-state index contributed by atoms with van der Waals surface area (Å²) in [7, 11) is 1.88. The standard InChI is InChI=1S/C10H20N2OS/c1-3-9-8-12(6-7-14-9)10(13)4-5-11-2/h9,11H,3-8H2,1-2H3. The van der Waals surface area contributed by atoms with Gasteiger partial charge in [0, 0.05) is 37.1 Å². The summed E-state index contributed by atoms with van der Waals surface area (Å²) in [5.74, 6) is 1.40. The van der Waals surface area contributed by atoms with Crippen LogP contribution in [-0.2, 0) is 4.79 Å². The molecule has 14 heavy (non-hydrogen) atoms. The molecule has 1 atom stereocenters. The summed E-state index contributed by atoms with van der Waals surface area (Å²) in [6.45, 7) is 4.87. The second-order valence-corrected chi connectivity index (χ2v) is 5.00. The van der Waals surface area contributed by atoms with Crippen LogP contribution in [0.4, 0.5) is 0 Å². The average Bonchev–Trinajstić information content (AvgIpc) is 2.26. The lowest BCUT2D eigenvalue weighted by Gasteiger charge is -2.32. The topological polar surface area (TPSA) is 32.3 Å². The van der Waals surface area contributed by atoms with Gasteiger partial charge in [-0.25, -0.2) is 0 Å². The van der Waals surface area contributed by atoms with Crippen molar-refractivity contribution in [2.75, 3.05) is 32.4 Å². The minimum Gasteiger partial charge on any atom is -0.341 e. The van der Waals surface area contributed by atoms with Crippen LogP contribution in [0, 0.1) is 0 Å². The van der Waals surface area contributed by atoms with Crippen LogP contribution < -0.4 is 5.32 Å². The minimum absolute atomic E-state index is 0.304. The molecule has 0 aliphatic carbocycles. The Balaban J connectivity index is 2.31. The Kier molecular flexibility index (Phi) is 5.33. The molecule has 0 bridgehead atoms. The molecule has 0 saturated carbocycles. The van der Waals surface area contributed by atoms with Crippen molar-refractivity contribution in [2.45, 2.75) is 25.0 Å². The van der Waals surface area contributed by atoms with E-state index < -0.39 is 0 Å². The second kappa shape index (κ2) is 6.30. The van der Waals surface area contributed by atoms with Gasteiger partial charge in [-0.2, -0.15) is 11.8 Å². The lowest BCUT2D eigenvalue weighted by molar-refractivity contribution is -0.131. The third kappa shape index (κ3) is 3.50. The summed E-state index contributed by atoms with van der Waals surface area (Å²) in [5.41, 5.74) is 0. The van der Waals surface area contributed by atoms with Gasteiger partial charge in [0.25, 0.3) is 0 Å². The van der Waals surface area contributed by atoms with Gasteiger partial charge in [-0.05, 0) is 13.5 Å². The molecule has 1 rings (SSSR count). The lowest BCUT2D eigenvalue weighted by atomic mass is 10.2. The Labute approximate surface area is 90.6 Å². The fourth-order valence-corrected chi connectivity index (χ4v) is 2.76. The zero-order chi connectivity index (χ0) is 10.4. The van der Waals surface area contributed by atoms with Crippen LogP contribution in [0.5, 0.6) is 0 Å². The fourth-order valence-electron chi connectivity index (χ4n) is 1.58. The molecule has 0 radical (unpaired) electrons. The largest absolute Gasteiger partial charge is 0.341 e. The molecule has 1 amide bonds. The van der Waals surface area contributed by atoms with Gasteiger partial charge in [-0.15, -0.1) is 0 Å². The molecule has 1 aliphatic rings. The van der Waals surface area contributed by atoms with E-state index in [1.165, 1.54) is 6.42 Å². The third-order valence-corrected chi connectivity index (χ3v) is 3.91.